The fourth-order valence-corrected chi connectivity index (χ4v) is 2.65. The lowest BCUT2D eigenvalue weighted by molar-refractivity contribution is -0.137. The Balaban J connectivity index is 1.48. The Morgan fingerprint density at radius 3 is 2.60 bits per heavy atom. The molecule has 3 rings (SSSR count). The van der Waals surface area contributed by atoms with Crippen LogP contribution in [0.3, 0.4) is 0 Å². The lowest BCUT2D eigenvalue weighted by Gasteiger charge is -2.14. The van der Waals surface area contributed by atoms with Gasteiger partial charge in [0.05, 0.1) is 17.4 Å². The Bertz CT molecular complexity index is 1000. The number of nitrogens with zero attached hydrogens (tertiary/aromatic N) is 2. The van der Waals surface area contributed by atoms with E-state index in [1.807, 2.05) is 13.1 Å². The van der Waals surface area contributed by atoms with Gasteiger partial charge in [-0.15, -0.1) is 0 Å². The van der Waals surface area contributed by atoms with Crippen LogP contribution in [0.2, 0.25) is 0 Å². The maximum absolute atomic E-state index is 12.7. The molecule has 6 nitrogen and oxygen atoms in total. The average molecular weight is 419 g/mol. The van der Waals surface area contributed by atoms with Crippen molar-refractivity contribution in [2.24, 2.45) is 0 Å². The lowest BCUT2D eigenvalue weighted by atomic mass is 10.2. The van der Waals surface area contributed by atoms with Crippen molar-refractivity contribution in [3.05, 3.63) is 77.6 Å². The number of aliphatic hydroxyl groups is 1. The Labute approximate surface area is 170 Å². The van der Waals surface area contributed by atoms with Crippen LogP contribution < -0.4 is 10.1 Å². The Morgan fingerprint density at radius 1 is 1.23 bits per heavy atom. The molecule has 1 atom stereocenters. The van der Waals surface area contributed by atoms with Crippen molar-refractivity contribution in [2.75, 3.05) is 13.2 Å². The van der Waals surface area contributed by atoms with Crippen LogP contribution in [0.15, 0.2) is 60.9 Å². The number of alkyl halides is 3. The van der Waals surface area contributed by atoms with Crippen LogP contribution in [0, 0.1) is 6.92 Å². The van der Waals surface area contributed by atoms with Gasteiger partial charge in [0, 0.05) is 18.3 Å². The summed E-state index contributed by atoms with van der Waals surface area (Å²) in [7, 11) is 0. The third-order valence-electron chi connectivity index (χ3n) is 4.21. The van der Waals surface area contributed by atoms with Crippen molar-refractivity contribution in [1.82, 2.24) is 15.1 Å². The summed E-state index contributed by atoms with van der Waals surface area (Å²) in [5.74, 6) is -0.407. The summed E-state index contributed by atoms with van der Waals surface area (Å²) >= 11 is 0. The van der Waals surface area contributed by atoms with E-state index in [1.54, 1.807) is 35.1 Å². The van der Waals surface area contributed by atoms with Gasteiger partial charge in [0.15, 0.2) is 0 Å². The third-order valence-corrected chi connectivity index (χ3v) is 4.21. The van der Waals surface area contributed by atoms with Crippen molar-refractivity contribution in [2.45, 2.75) is 19.2 Å². The minimum Gasteiger partial charge on any atom is -0.491 e. The van der Waals surface area contributed by atoms with Crippen molar-refractivity contribution >= 4 is 5.91 Å². The normalized spacial score (nSPS) is 12.4. The highest BCUT2D eigenvalue weighted by atomic mass is 19.4. The minimum atomic E-state index is -4.47. The molecule has 158 valence electrons. The molecule has 0 saturated heterocycles. The first-order chi connectivity index (χ1) is 14.2. The van der Waals surface area contributed by atoms with Gasteiger partial charge in [-0.3, -0.25) is 4.79 Å². The highest BCUT2D eigenvalue weighted by molar-refractivity contribution is 5.94. The van der Waals surface area contributed by atoms with E-state index in [9.17, 15) is 23.1 Å². The van der Waals surface area contributed by atoms with E-state index in [0.29, 0.717) is 5.56 Å². The van der Waals surface area contributed by atoms with E-state index in [2.05, 4.69) is 10.4 Å². The van der Waals surface area contributed by atoms with E-state index in [0.717, 1.165) is 23.4 Å². The minimum absolute atomic E-state index is 0.0142. The summed E-state index contributed by atoms with van der Waals surface area (Å²) in [6, 6.07) is 11.1. The fraction of sp³-hybridized carbons (Fsp3) is 0.238. The standard InChI is InChI=1S/C21H20F3N3O3/c1-14-10-26-27(12-14)17-7-5-15(6-8-17)20(29)25-11-18(28)13-30-19-4-2-3-16(9-19)21(22,23)24/h2-10,12,18,28H,11,13H2,1H3,(H,25,29). The number of aryl methyl sites for hydroxylation is 1. The molecule has 1 amide bonds. The predicted molar refractivity (Wildman–Crippen MR) is 104 cm³/mol. The maximum Gasteiger partial charge on any atom is 0.416 e. The molecule has 3 aromatic rings. The number of rotatable bonds is 7. The zero-order chi connectivity index (χ0) is 21.7. The molecular weight excluding hydrogens is 399 g/mol. The highest BCUT2D eigenvalue weighted by Crippen LogP contribution is 2.31. The Hall–Kier alpha value is -3.33. The number of carbonyl (C=O) groups is 1. The number of nitrogens with one attached hydrogen (secondary N) is 1. The molecule has 2 aromatic carbocycles. The molecule has 0 radical (unpaired) electrons. The van der Waals surface area contributed by atoms with Gasteiger partial charge in [-0.25, -0.2) is 4.68 Å². The quantitative estimate of drug-likeness (QED) is 0.616. The number of benzene rings is 2. The number of aliphatic hydroxyl groups excluding tert-OH is 1. The topological polar surface area (TPSA) is 76.4 Å². The van der Waals surface area contributed by atoms with Crippen LogP contribution >= 0.6 is 0 Å². The first kappa shape index (κ1) is 21.4. The van der Waals surface area contributed by atoms with Gasteiger partial charge in [0.25, 0.3) is 5.91 Å². The van der Waals surface area contributed by atoms with Crippen molar-refractivity contribution in [1.29, 1.82) is 0 Å². The second kappa shape index (κ2) is 9.00. The third kappa shape index (κ3) is 5.60. The number of hydrogen-bond acceptors (Lipinski definition) is 4. The van der Waals surface area contributed by atoms with Gasteiger partial charge in [-0.05, 0) is 55.0 Å². The number of ether oxygens (including phenoxy) is 1. The average Bonchev–Trinajstić information content (AvgIpc) is 3.16. The fourth-order valence-electron chi connectivity index (χ4n) is 2.65. The van der Waals surface area contributed by atoms with Gasteiger partial charge in [-0.1, -0.05) is 6.07 Å². The summed E-state index contributed by atoms with van der Waals surface area (Å²) in [4.78, 5) is 12.2. The summed E-state index contributed by atoms with van der Waals surface area (Å²) in [5.41, 5.74) is 1.37. The molecule has 1 unspecified atom stereocenters. The molecule has 0 aliphatic heterocycles. The Morgan fingerprint density at radius 2 is 1.97 bits per heavy atom. The molecule has 30 heavy (non-hydrogen) atoms. The first-order valence-electron chi connectivity index (χ1n) is 9.10. The van der Waals surface area contributed by atoms with Gasteiger partial charge in [-0.2, -0.15) is 18.3 Å². The predicted octanol–water partition coefficient (Wildman–Crippen LogP) is 3.37. The smallest absolute Gasteiger partial charge is 0.416 e. The van der Waals surface area contributed by atoms with Gasteiger partial charge < -0.3 is 15.2 Å². The first-order valence-corrected chi connectivity index (χ1v) is 9.10. The number of carbonyl (C=O) groups excluding carboxylic acids is 1. The molecule has 0 spiro atoms. The molecule has 1 aromatic heterocycles. The molecular formula is C21H20F3N3O3. The number of halogens is 3. The molecule has 0 aliphatic rings. The van der Waals surface area contributed by atoms with E-state index >= 15 is 0 Å². The molecule has 1 heterocycles. The zero-order valence-electron chi connectivity index (χ0n) is 16.1. The van der Waals surface area contributed by atoms with E-state index < -0.39 is 23.8 Å². The van der Waals surface area contributed by atoms with Crippen molar-refractivity contribution < 1.29 is 27.8 Å². The van der Waals surface area contributed by atoms with E-state index in [-0.39, 0.29) is 18.9 Å². The highest BCUT2D eigenvalue weighted by Gasteiger charge is 2.30. The molecule has 0 fully saturated rings. The van der Waals surface area contributed by atoms with E-state index in [4.69, 9.17) is 4.74 Å². The van der Waals surface area contributed by atoms with Gasteiger partial charge in [0.2, 0.25) is 0 Å². The maximum atomic E-state index is 12.7. The molecule has 0 bridgehead atoms. The molecule has 2 N–H and O–H groups in total. The SMILES string of the molecule is Cc1cnn(-c2ccc(C(=O)NCC(O)COc3cccc(C(F)(F)F)c3)cc2)c1. The number of aromatic nitrogens is 2. The van der Waals surface area contributed by atoms with Crippen LogP contribution in [0.25, 0.3) is 5.69 Å². The van der Waals surface area contributed by atoms with Gasteiger partial charge >= 0.3 is 6.18 Å². The van der Waals surface area contributed by atoms with Crippen molar-refractivity contribution in [3.8, 4) is 11.4 Å². The van der Waals surface area contributed by atoms with Crippen molar-refractivity contribution in [3.63, 3.8) is 0 Å². The number of hydrogen-bond donors (Lipinski definition) is 2. The summed E-state index contributed by atoms with van der Waals surface area (Å²) in [5, 5.41) is 16.7. The summed E-state index contributed by atoms with van der Waals surface area (Å²) < 4.78 is 45.0. The molecule has 9 heteroatoms. The van der Waals surface area contributed by atoms with Crippen LogP contribution in [0.1, 0.15) is 21.5 Å². The van der Waals surface area contributed by atoms with E-state index in [1.165, 1.54) is 12.1 Å². The lowest BCUT2D eigenvalue weighted by Crippen LogP contribution is -2.35. The molecule has 0 aliphatic carbocycles. The zero-order valence-corrected chi connectivity index (χ0v) is 16.1. The second-order valence-electron chi connectivity index (χ2n) is 6.71. The summed E-state index contributed by atoms with van der Waals surface area (Å²) in [6.07, 6.45) is -1.98. The largest absolute Gasteiger partial charge is 0.491 e. The number of amides is 1. The van der Waals surface area contributed by atoms with Crippen LogP contribution in [0.5, 0.6) is 5.75 Å². The molecule has 0 saturated carbocycles. The van der Waals surface area contributed by atoms with Crippen LogP contribution in [-0.4, -0.2) is 40.0 Å². The summed E-state index contributed by atoms with van der Waals surface area (Å²) in [6.45, 7) is 1.55. The van der Waals surface area contributed by atoms with Gasteiger partial charge in [0.1, 0.15) is 18.5 Å². The second-order valence-corrected chi connectivity index (χ2v) is 6.71. The van der Waals surface area contributed by atoms with Crippen LogP contribution in [-0.2, 0) is 6.18 Å². The van der Waals surface area contributed by atoms with Crippen LogP contribution in [0.4, 0.5) is 13.2 Å². The Kier molecular flexibility index (Phi) is 6.41. The monoisotopic (exact) mass is 419 g/mol.